The molecule has 1 aliphatic heterocycles. The number of hydrogen-bond acceptors (Lipinski definition) is 8. The predicted molar refractivity (Wildman–Crippen MR) is 86.5 cm³/mol. The van der Waals surface area contributed by atoms with Gasteiger partial charge in [0, 0.05) is 18.0 Å². The third kappa shape index (κ3) is 4.44. The Morgan fingerprint density at radius 1 is 1.12 bits per heavy atom. The number of carbonyl (C=O) groups excluding carboxylic acids is 3. The lowest BCUT2D eigenvalue weighted by molar-refractivity contribution is -0.146. The van der Waals surface area contributed by atoms with Crippen molar-refractivity contribution in [2.75, 3.05) is 25.3 Å². The van der Waals surface area contributed by atoms with Gasteiger partial charge in [-0.2, -0.15) is 0 Å². The summed E-state index contributed by atoms with van der Waals surface area (Å²) in [4.78, 5) is 42.9. The Balaban J connectivity index is 1.41. The normalized spacial score (nSPS) is 11.5. The van der Waals surface area contributed by atoms with Crippen LogP contribution in [0.4, 0.5) is 5.95 Å². The molecule has 2 amide bonds. The molecule has 1 aliphatic rings. The molecule has 1 aromatic heterocycles. The third-order valence-corrected chi connectivity index (χ3v) is 3.21. The van der Waals surface area contributed by atoms with Crippen LogP contribution in [0.15, 0.2) is 36.7 Å². The van der Waals surface area contributed by atoms with E-state index in [1.807, 2.05) is 0 Å². The van der Waals surface area contributed by atoms with Crippen LogP contribution in [0.5, 0.6) is 11.5 Å². The number of hydrogen-bond donors (Lipinski definition) is 2. The van der Waals surface area contributed by atoms with E-state index in [4.69, 9.17) is 14.2 Å². The summed E-state index contributed by atoms with van der Waals surface area (Å²) in [6.45, 7) is -0.803. The topological polar surface area (TPSA) is 129 Å². The molecule has 10 nitrogen and oxygen atoms in total. The van der Waals surface area contributed by atoms with Crippen LogP contribution in [-0.4, -0.2) is 47.7 Å². The number of nitrogens with zero attached hydrogens (tertiary/aromatic N) is 2. The van der Waals surface area contributed by atoms with E-state index < -0.39 is 24.4 Å². The highest BCUT2D eigenvalue weighted by molar-refractivity contribution is 5.97. The lowest BCUT2D eigenvalue weighted by Crippen LogP contribution is -2.32. The molecule has 2 N–H and O–H groups in total. The van der Waals surface area contributed by atoms with Crippen LogP contribution >= 0.6 is 0 Å². The second-order valence-electron chi connectivity index (χ2n) is 5.03. The van der Waals surface area contributed by atoms with Crippen LogP contribution in [0.3, 0.4) is 0 Å². The average Bonchev–Trinajstić information content (AvgIpc) is 3.13. The second kappa shape index (κ2) is 7.92. The van der Waals surface area contributed by atoms with E-state index in [1.165, 1.54) is 18.5 Å². The molecule has 0 saturated carbocycles. The Labute approximate surface area is 147 Å². The van der Waals surface area contributed by atoms with Gasteiger partial charge in [-0.25, -0.2) is 9.97 Å². The molecule has 0 bridgehead atoms. The molecule has 0 radical (unpaired) electrons. The lowest BCUT2D eigenvalue weighted by Gasteiger charge is -2.07. The van der Waals surface area contributed by atoms with Gasteiger partial charge in [-0.05, 0) is 24.3 Å². The number of fused-ring (bicyclic) bond motifs is 1. The number of esters is 1. The zero-order chi connectivity index (χ0) is 18.4. The smallest absolute Gasteiger partial charge is 0.325 e. The van der Waals surface area contributed by atoms with Crippen molar-refractivity contribution in [3.8, 4) is 11.5 Å². The molecule has 10 heteroatoms. The van der Waals surface area contributed by atoms with Crippen LogP contribution in [-0.2, 0) is 14.3 Å². The van der Waals surface area contributed by atoms with Crippen molar-refractivity contribution >= 4 is 23.7 Å². The highest BCUT2D eigenvalue weighted by Crippen LogP contribution is 2.32. The first-order chi connectivity index (χ1) is 12.6. The predicted octanol–water partition coefficient (Wildman–Crippen LogP) is 0.117. The number of carbonyl (C=O) groups is 3. The molecule has 0 fully saturated rings. The van der Waals surface area contributed by atoms with E-state index in [0.29, 0.717) is 17.1 Å². The monoisotopic (exact) mass is 358 g/mol. The Hall–Kier alpha value is -3.69. The molecule has 3 rings (SSSR count). The first kappa shape index (κ1) is 17.1. The van der Waals surface area contributed by atoms with Crippen molar-refractivity contribution in [2.24, 2.45) is 0 Å². The summed E-state index contributed by atoms with van der Waals surface area (Å²) in [6, 6.07) is 6.25. The van der Waals surface area contributed by atoms with Crippen LogP contribution in [0, 0.1) is 0 Å². The van der Waals surface area contributed by atoms with Gasteiger partial charge in [0.25, 0.3) is 11.8 Å². The first-order valence-electron chi connectivity index (χ1n) is 7.52. The fraction of sp³-hybridized carbons (Fsp3) is 0.188. The highest BCUT2D eigenvalue weighted by Gasteiger charge is 2.17. The van der Waals surface area contributed by atoms with Crippen LogP contribution in [0.2, 0.25) is 0 Å². The molecule has 0 spiro atoms. The number of anilines is 1. The van der Waals surface area contributed by atoms with E-state index >= 15 is 0 Å². The summed E-state index contributed by atoms with van der Waals surface area (Å²) < 4.78 is 15.1. The lowest BCUT2D eigenvalue weighted by atomic mass is 10.2. The summed E-state index contributed by atoms with van der Waals surface area (Å²) >= 11 is 0. The van der Waals surface area contributed by atoms with Gasteiger partial charge in [0.05, 0.1) is 0 Å². The molecule has 1 aromatic carbocycles. The minimum atomic E-state index is -0.761. The Morgan fingerprint density at radius 2 is 1.88 bits per heavy atom. The van der Waals surface area contributed by atoms with Crippen molar-refractivity contribution < 1.29 is 28.6 Å². The summed E-state index contributed by atoms with van der Waals surface area (Å²) in [6.07, 6.45) is 2.92. The third-order valence-electron chi connectivity index (χ3n) is 3.21. The minimum Gasteiger partial charge on any atom is -0.454 e. The van der Waals surface area contributed by atoms with Gasteiger partial charge in [0.1, 0.15) is 6.54 Å². The van der Waals surface area contributed by atoms with E-state index in [2.05, 4.69) is 20.6 Å². The van der Waals surface area contributed by atoms with E-state index in [0.717, 1.165) is 0 Å². The van der Waals surface area contributed by atoms with Gasteiger partial charge in [0.15, 0.2) is 18.1 Å². The Morgan fingerprint density at radius 3 is 2.69 bits per heavy atom. The van der Waals surface area contributed by atoms with Crippen molar-refractivity contribution in [1.82, 2.24) is 15.3 Å². The average molecular weight is 358 g/mol. The van der Waals surface area contributed by atoms with Crippen LogP contribution in [0.1, 0.15) is 10.4 Å². The number of rotatable bonds is 6. The maximum absolute atomic E-state index is 12.0. The summed E-state index contributed by atoms with van der Waals surface area (Å²) in [5, 5.41) is 4.76. The number of amides is 2. The highest BCUT2D eigenvalue weighted by atomic mass is 16.7. The van der Waals surface area contributed by atoms with E-state index in [-0.39, 0.29) is 19.3 Å². The molecule has 0 atom stereocenters. The summed E-state index contributed by atoms with van der Waals surface area (Å²) in [5.41, 5.74) is 0.306. The quantitative estimate of drug-likeness (QED) is 0.697. The standard InChI is InChI=1S/C16H14N4O6/c21-13(20-16-17-4-1-5-18-16)8-24-14(22)7-19-15(23)10-2-3-11-12(6-10)26-9-25-11/h1-6H,7-9H2,(H,19,23)(H,17,18,20,21). The largest absolute Gasteiger partial charge is 0.454 e. The molecular weight excluding hydrogens is 344 g/mol. The molecular formula is C16H14N4O6. The number of ether oxygens (including phenoxy) is 3. The van der Waals surface area contributed by atoms with E-state index in [1.54, 1.807) is 18.2 Å². The summed E-state index contributed by atoms with van der Waals surface area (Å²) in [5.74, 6) is -0.726. The van der Waals surface area contributed by atoms with Gasteiger partial charge in [0.2, 0.25) is 12.7 Å². The molecule has 26 heavy (non-hydrogen) atoms. The summed E-state index contributed by atoms with van der Waals surface area (Å²) in [7, 11) is 0. The Bertz CT molecular complexity index is 827. The molecule has 0 saturated heterocycles. The molecule has 0 unspecified atom stereocenters. The fourth-order valence-corrected chi connectivity index (χ4v) is 2.01. The van der Waals surface area contributed by atoms with Crippen LogP contribution < -0.4 is 20.1 Å². The number of benzene rings is 1. The molecule has 2 aromatic rings. The number of aromatic nitrogens is 2. The van der Waals surface area contributed by atoms with Gasteiger partial charge in [-0.15, -0.1) is 0 Å². The van der Waals surface area contributed by atoms with Gasteiger partial charge < -0.3 is 19.5 Å². The van der Waals surface area contributed by atoms with Crippen LogP contribution in [0.25, 0.3) is 0 Å². The zero-order valence-electron chi connectivity index (χ0n) is 13.4. The maximum Gasteiger partial charge on any atom is 0.325 e. The van der Waals surface area contributed by atoms with Crippen molar-refractivity contribution in [1.29, 1.82) is 0 Å². The molecule has 134 valence electrons. The second-order valence-corrected chi connectivity index (χ2v) is 5.03. The number of nitrogens with one attached hydrogen (secondary N) is 2. The van der Waals surface area contributed by atoms with Crippen molar-refractivity contribution in [2.45, 2.75) is 0 Å². The minimum absolute atomic E-state index is 0.100. The molecule has 2 heterocycles. The van der Waals surface area contributed by atoms with Gasteiger partial charge in [-0.3, -0.25) is 19.7 Å². The van der Waals surface area contributed by atoms with Gasteiger partial charge >= 0.3 is 5.97 Å². The van der Waals surface area contributed by atoms with Gasteiger partial charge in [-0.1, -0.05) is 0 Å². The maximum atomic E-state index is 12.0. The molecule has 0 aliphatic carbocycles. The Kier molecular flexibility index (Phi) is 5.22. The first-order valence-corrected chi connectivity index (χ1v) is 7.52. The van der Waals surface area contributed by atoms with Crippen molar-refractivity contribution in [3.63, 3.8) is 0 Å². The van der Waals surface area contributed by atoms with E-state index in [9.17, 15) is 14.4 Å². The zero-order valence-corrected chi connectivity index (χ0v) is 13.4. The fourth-order valence-electron chi connectivity index (χ4n) is 2.01. The SMILES string of the molecule is O=C(COC(=O)CNC(=O)c1ccc2c(c1)OCO2)Nc1ncccn1. The van der Waals surface area contributed by atoms with Crippen molar-refractivity contribution in [3.05, 3.63) is 42.2 Å².